The van der Waals surface area contributed by atoms with Crippen LogP contribution in [0, 0.1) is 0 Å². The van der Waals surface area contributed by atoms with Crippen LogP contribution >= 0.6 is 0 Å². The van der Waals surface area contributed by atoms with E-state index >= 15 is 0 Å². The van der Waals surface area contributed by atoms with Crippen LogP contribution in [0.25, 0.3) is 5.65 Å². The highest BCUT2D eigenvalue weighted by atomic mass is 19.4. The number of hydrogen-bond acceptors (Lipinski definition) is 4. The molecule has 0 aromatic carbocycles. The van der Waals surface area contributed by atoms with Crippen LogP contribution in [0.1, 0.15) is 61.1 Å². The van der Waals surface area contributed by atoms with Crippen molar-refractivity contribution in [2.45, 2.75) is 45.4 Å². The third-order valence-electron chi connectivity index (χ3n) is 4.38. The molecule has 0 saturated carbocycles. The molecule has 6 nitrogen and oxygen atoms in total. The van der Waals surface area contributed by atoms with Crippen molar-refractivity contribution < 1.29 is 23.1 Å². The Morgan fingerprint density at radius 1 is 1.17 bits per heavy atom. The number of nitrogens with one attached hydrogen (secondary N) is 1. The second kappa shape index (κ2) is 7.14. The van der Waals surface area contributed by atoms with Gasteiger partial charge < -0.3 is 14.8 Å². The predicted molar refractivity (Wildman–Crippen MR) is 102 cm³/mol. The number of hydrogen-bond donors (Lipinski definition) is 2. The van der Waals surface area contributed by atoms with Gasteiger partial charge in [0.15, 0.2) is 0 Å². The molecule has 0 aliphatic heterocycles. The van der Waals surface area contributed by atoms with E-state index in [1.165, 1.54) is 6.07 Å². The molecule has 154 valence electrons. The molecule has 3 aromatic rings. The monoisotopic (exact) mass is 406 g/mol. The number of nitrogens with zero attached hydrogens (tertiary/aromatic N) is 3. The zero-order valence-corrected chi connectivity index (χ0v) is 16.4. The van der Waals surface area contributed by atoms with Crippen LogP contribution in [-0.2, 0) is 11.8 Å². The highest BCUT2D eigenvalue weighted by Crippen LogP contribution is 2.31. The Morgan fingerprint density at radius 2 is 1.86 bits per heavy atom. The van der Waals surface area contributed by atoms with Crippen molar-refractivity contribution in [3.8, 4) is 0 Å². The van der Waals surface area contributed by atoms with Gasteiger partial charge in [0.2, 0.25) is 0 Å². The van der Waals surface area contributed by atoms with E-state index < -0.39 is 23.4 Å². The Hall–Kier alpha value is -2.94. The van der Waals surface area contributed by atoms with Crippen molar-refractivity contribution in [1.82, 2.24) is 14.4 Å². The number of aromatic nitrogens is 3. The molecule has 1 amide bonds. The Bertz CT molecular complexity index is 1070. The lowest BCUT2D eigenvalue weighted by atomic mass is 9.97. The molecule has 29 heavy (non-hydrogen) atoms. The number of pyridine rings is 2. The molecule has 0 aliphatic rings. The van der Waals surface area contributed by atoms with Gasteiger partial charge in [-0.2, -0.15) is 13.2 Å². The molecule has 0 bridgehead atoms. The number of halogens is 3. The molecular formula is C20H21F3N4O2. The van der Waals surface area contributed by atoms with Gasteiger partial charge in [-0.25, -0.2) is 9.97 Å². The quantitative estimate of drug-likeness (QED) is 0.675. The normalized spacial score (nSPS) is 12.6. The first-order valence-corrected chi connectivity index (χ1v) is 8.97. The highest BCUT2D eigenvalue weighted by molar-refractivity contribution is 6.03. The van der Waals surface area contributed by atoms with Gasteiger partial charge in [-0.15, -0.1) is 0 Å². The predicted octanol–water partition coefficient (Wildman–Crippen LogP) is 4.35. The average Bonchev–Trinajstić information content (AvgIpc) is 3.03. The van der Waals surface area contributed by atoms with Crippen LogP contribution in [0.15, 0.2) is 36.7 Å². The minimum Gasteiger partial charge on any atom is -0.386 e. The van der Waals surface area contributed by atoms with Crippen LogP contribution in [-0.4, -0.2) is 25.4 Å². The Morgan fingerprint density at radius 3 is 2.45 bits per heavy atom. The highest BCUT2D eigenvalue weighted by Gasteiger charge is 2.33. The van der Waals surface area contributed by atoms with Crippen molar-refractivity contribution in [3.63, 3.8) is 0 Å². The lowest BCUT2D eigenvalue weighted by Gasteiger charge is -2.22. The fraction of sp³-hybridized carbons (Fsp3) is 0.350. The Balaban J connectivity index is 2.03. The minimum atomic E-state index is -4.66. The number of anilines is 1. The van der Waals surface area contributed by atoms with Gasteiger partial charge in [-0.1, -0.05) is 19.9 Å². The van der Waals surface area contributed by atoms with Crippen molar-refractivity contribution >= 4 is 17.2 Å². The second-order valence-corrected chi connectivity index (χ2v) is 7.61. The number of rotatable bonds is 4. The lowest BCUT2D eigenvalue weighted by molar-refractivity contribution is -0.141. The van der Waals surface area contributed by atoms with E-state index in [9.17, 15) is 23.1 Å². The number of carbonyl (C=O) groups excluding carboxylic acids is 1. The number of alkyl halides is 3. The van der Waals surface area contributed by atoms with E-state index in [1.807, 2.05) is 13.8 Å². The first-order valence-electron chi connectivity index (χ1n) is 8.97. The topological polar surface area (TPSA) is 79.5 Å². The molecule has 3 aromatic heterocycles. The smallest absolute Gasteiger partial charge is 0.386 e. The summed E-state index contributed by atoms with van der Waals surface area (Å²) in [6.45, 7) is 7.06. The van der Waals surface area contributed by atoms with E-state index in [-0.39, 0.29) is 17.3 Å². The summed E-state index contributed by atoms with van der Waals surface area (Å²) >= 11 is 0. The molecule has 0 saturated heterocycles. The van der Waals surface area contributed by atoms with Crippen LogP contribution in [0.5, 0.6) is 0 Å². The first-order chi connectivity index (χ1) is 13.4. The van der Waals surface area contributed by atoms with Gasteiger partial charge in [0.25, 0.3) is 5.91 Å². The number of fused-ring (bicyclic) bond motifs is 1. The summed E-state index contributed by atoms with van der Waals surface area (Å²) in [7, 11) is 0. The van der Waals surface area contributed by atoms with Crippen molar-refractivity contribution in [2.24, 2.45) is 0 Å². The van der Waals surface area contributed by atoms with E-state index in [0.717, 1.165) is 17.8 Å². The van der Waals surface area contributed by atoms with Gasteiger partial charge in [-0.05, 0) is 38.0 Å². The molecule has 3 heterocycles. The van der Waals surface area contributed by atoms with Gasteiger partial charge in [0, 0.05) is 18.0 Å². The molecule has 0 atom stereocenters. The molecule has 0 aliphatic carbocycles. The van der Waals surface area contributed by atoms with Crippen LogP contribution in [0.2, 0.25) is 0 Å². The van der Waals surface area contributed by atoms with Crippen LogP contribution in [0.3, 0.4) is 0 Å². The number of aliphatic hydroxyl groups is 1. The SMILES string of the molecule is CC(C)c1cn2cc(NC(=O)c3cccc(C(F)(F)F)n3)c(C(C)(C)O)cc2n1. The molecule has 9 heteroatoms. The van der Waals surface area contributed by atoms with Gasteiger partial charge >= 0.3 is 6.18 Å². The number of carbonyl (C=O) groups is 1. The third kappa shape index (κ3) is 4.40. The third-order valence-corrected chi connectivity index (χ3v) is 4.38. The van der Waals surface area contributed by atoms with Gasteiger partial charge in [-0.3, -0.25) is 4.79 Å². The van der Waals surface area contributed by atoms with Gasteiger partial charge in [0.1, 0.15) is 17.0 Å². The molecule has 0 unspecified atom stereocenters. The van der Waals surface area contributed by atoms with E-state index in [4.69, 9.17) is 0 Å². The van der Waals surface area contributed by atoms with E-state index in [1.54, 1.807) is 36.7 Å². The van der Waals surface area contributed by atoms with Crippen molar-refractivity contribution in [3.05, 3.63) is 59.3 Å². The molecule has 0 fully saturated rings. The zero-order chi connectivity index (χ0) is 21.6. The van der Waals surface area contributed by atoms with Gasteiger partial charge in [0.05, 0.1) is 17.0 Å². The molecule has 3 rings (SSSR count). The summed E-state index contributed by atoms with van der Waals surface area (Å²) in [5.41, 5.74) is -0.811. The fourth-order valence-corrected chi connectivity index (χ4v) is 2.84. The summed E-state index contributed by atoms with van der Waals surface area (Å²) in [5, 5.41) is 13.1. The molecule has 0 radical (unpaired) electrons. The summed E-state index contributed by atoms with van der Waals surface area (Å²) in [4.78, 5) is 20.5. The maximum Gasteiger partial charge on any atom is 0.433 e. The van der Waals surface area contributed by atoms with E-state index in [0.29, 0.717) is 11.2 Å². The fourth-order valence-electron chi connectivity index (χ4n) is 2.84. The van der Waals surface area contributed by atoms with E-state index in [2.05, 4.69) is 15.3 Å². The second-order valence-electron chi connectivity index (χ2n) is 7.61. The first kappa shape index (κ1) is 20.8. The lowest BCUT2D eigenvalue weighted by Crippen LogP contribution is -2.22. The van der Waals surface area contributed by atoms with Crippen LogP contribution in [0.4, 0.5) is 18.9 Å². The summed E-state index contributed by atoms with van der Waals surface area (Å²) in [6.07, 6.45) is -1.28. The summed E-state index contributed by atoms with van der Waals surface area (Å²) in [6, 6.07) is 4.75. The number of imidazole rings is 1. The standard InChI is InChI=1S/C20H21F3N4O2/c1-11(2)14-9-27-10-15(12(19(3,4)29)8-17(27)25-14)26-18(28)13-6-5-7-16(24-13)20(21,22)23/h5-11,29H,1-4H3,(H,26,28). The maximum absolute atomic E-state index is 12.9. The largest absolute Gasteiger partial charge is 0.433 e. The van der Waals surface area contributed by atoms with Crippen molar-refractivity contribution in [1.29, 1.82) is 0 Å². The Labute approximate surface area is 165 Å². The number of amides is 1. The Kier molecular flexibility index (Phi) is 5.12. The maximum atomic E-state index is 12.9. The molecule has 0 spiro atoms. The average molecular weight is 406 g/mol. The summed E-state index contributed by atoms with van der Waals surface area (Å²) in [5.74, 6) is -0.641. The summed E-state index contributed by atoms with van der Waals surface area (Å²) < 4.78 is 40.3. The zero-order valence-electron chi connectivity index (χ0n) is 16.4. The van der Waals surface area contributed by atoms with Crippen LogP contribution < -0.4 is 5.32 Å². The minimum absolute atomic E-state index is 0.174. The molecule has 2 N–H and O–H groups in total. The molecular weight excluding hydrogens is 385 g/mol. The van der Waals surface area contributed by atoms with Crippen molar-refractivity contribution in [2.75, 3.05) is 5.32 Å².